The monoisotopic (exact) mass is 377 g/mol. The minimum atomic E-state index is -0.407. The number of esters is 1. The van der Waals surface area contributed by atoms with E-state index >= 15 is 0 Å². The Bertz CT molecular complexity index is 672. The van der Waals surface area contributed by atoms with E-state index in [0.717, 1.165) is 23.5 Å². The van der Waals surface area contributed by atoms with E-state index in [9.17, 15) is 9.59 Å². The highest BCUT2D eigenvalue weighted by Crippen LogP contribution is 2.43. The normalized spacial score (nSPS) is 21.9. The van der Waals surface area contributed by atoms with Crippen molar-refractivity contribution in [3.05, 3.63) is 24.3 Å². The lowest BCUT2D eigenvalue weighted by Gasteiger charge is -2.36. The summed E-state index contributed by atoms with van der Waals surface area (Å²) in [5.41, 5.74) is 0.393. The minimum Gasteiger partial charge on any atom is -0.461 e. The molecule has 6 nitrogen and oxygen atoms in total. The van der Waals surface area contributed by atoms with Gasteiger partial charge in [0.25, 0.3) is 0 Å². The number of anilines is 1. The first-order valence-corrected chi connectivity index (χ1v) is 10.2. The number of likely N-dealkylation sites (N-methyl/N-ethyl adjacent to an activating group) is 1. The number of rotatable bonds is 4. The first kappa shape index (κ1) is 19.0. The summed E-state index contributed by atoms with van der Waals surface area (Å²) in [4.78, 5) is 29.9. The SMILES string of the molecule is CSc1cccc(NC(=O)N2CCC3(CC2)CC(CN(C)C)OC3=O)c1. The van der Waals surface area contributed by atoms with Gasteiger partial charge in [-0.15, -0.1) is 11.8 Å². The van der Waals surface area contributed by atoms with Gasteiger partial charge in [0.1, 0.15) is 6.10 Å². The zero-order valence-electron chi connectivity index (χ0n) is 15.7. The molecule has 142 valence electrons. The molecule has 0 aliphatic carbocycles. The highest BCUT2D eigenvalue weighted by molar-refractivity contribution is 7.98. The fourth-order valence-electron chi connectivity index (χ4n) is 3.80. The highest BCUT2D eigenvalue weighted by Gasteiger charge is 2.50. The van der Waals surface area contributed by atoms with Crippen molar-refractivity contribution in [3.8, 4) is 0 Å². The number of hydrogen-bond donors (Lipinski definition) is 1. The Morgan fingerprint density at radius 3 is 2.77 bits per heavy atom. The van der Waals surface area contributed by atoms with Crippen LogP contribution >= 0.6 is 11.8 Å². The molecule has 0 radical (unpaired) electrons. The van der Waals surface area contributed by atoms with Crippen molar-refractivity contribution in [2.24, 2.45) is 5.41 Å². The van der Waals surface area contributed by atoms with Crippen molar-refractivity contribution in [1.29, 1.82) is 0 Å². The van der Waals surface area contributed by atoms with Crippen LogP contribution in [-0.4, -0.2) is 67.9 Å². The second-order valence-corrected chi connectivity index (χ2v) is 8.30. The minimum absolute atomic E-state index is 0.0350. The lowest BCUT2D eigenvalue weighted by molar-refractivity contribution is -0.150. The number of nitrogens with zero attached hydrogens (tertiary/aromatic N) is 2. The molecular formula is C19H27N3O3S. The molecule has 2 amide bonds. The third-order valence-corrected chi connectivity index (χ3v) is 5.95. The summed E-state index contributed by atoms with van der Waals surface area (Å²) >= 11 is 1.64. The second kappa shape index (κ2) is 7.88. The van der Waals surface area contributed by atoms with Gasteiger partial charge in [0, 0.05) is 36.6 Å². The number of carbonyl (C=O) groups excluding carboxylic acids is 2. The summed E-state index contributed by atoms with van der Waals surface area (Å²) < 4.78 is 5.58. The summed E-state index contributed by atoms with van der Waals surface area (Å²) in [7, 11) is 3.97. The summed E-state index contributed by atoms with van der Waals surface area (Å²) in [5.74, 6) is -0.0860. The molecule has 1 aromatic rings. The van der Waals surface area contributed by atoms with E-state index in [4.69, 9.17) is 4.74 Å². The van der Waals surface area contributed by atoms with Crippen LogP contribution in [0, 0.1) is 5.41 Å². The van der Waals surface area contributed by atoms with Crippen LogP contribution in [0.15, 0.2) is 29.2 Å². The molecule has 2 aliphatic heterocycles. The number of cyclic esters (lactones) is 1. The van der Waals surface area contributed by atoms with Crippen molar-refractivity contribution in [2.75, 3.05) is 45.3 Å². The van der Waals surface area contributed by atoms with Crippen LogP contribution in [0.5, 0.6) is 0 Å². The van der Waals surface area contributed by atoms with Gasteiger partial charge < -0.3 is 19.9 Å². The average Bonchev–Trinajstić information content (AvgIpc) is 2.89. The smallest absolute Gasteiger partial charge is 0.321 e. The Morgan fingerprint density at radius 2 is 2.12 bits per heavy atom. The summed E-state index contributed by atoms with van der Waals surface area (Å²) in [6, 6.07) is 7.71. The third-order valence-electron chi connectivity index (χ3n) is 5.22. The molecule has 2 fully saturated rings. The zero-order valence-corrected chi connectivity index (χ0v) is 16.5. The average molecular weight is 378 g/mol. The van der Waals surface area contributed by atoms with E-state index in [2.05, 4.69) is 5.32 Å². The Kier molecular flexibility index (Phi) is 5.77. The van der Waals surface area contributed by atoms with E-state index in [1.165, 1.54) is 0 Å². The molecule has 2 saturated heterocycles. The van der Waals surface area contributed by atoms with Gasteiger partial charge in [-0.2, -0.15) is 0 Å². The van der Waals surface area contributed by atoms with Gasteiger partial charge in [-0.3, -0.25) is 4.79 Å². The van der Waals surface area contributed by atoms with Crippen LogP contribution in [0.3, 0.4) is 0 Å². The zero-order chi connectivity index (χ0) is 18.7. The number of benzene rings is 1. The number of likely N-dealkylation sites (tertiary alicyclic amines) is 1. The lowest BCUT2D eigenvalue weighted by atomic mass is 9.76. The number of amides is 2. The fourth-order valence-corrected chi connectivity index (χ4v) is 4.26. The first-order valence-electron chi connectivity index (χ1n) is 8.98. The quantitative estimate of drug-likeness (QED) is 0.646. The van der Waals surface area contributed by atoms with Crippen LogP contribution in [0.25, 0.3) is 0 Å². The van der Waals surface area contributed by atoms with Crippen molar-refractivity contribution in [2.45, 2.75) is 30.3 Å². The fraction of sp³-hybridized carbons (Fsp3) is 0.579. The molecule has 2 aliphatic rings. The number of hydrogen-bond acceptors (Lipinski definition) is 5. The summed E-state index contributed by atoms with van der Waals surface area (Å²) in [6.45, 7) is 1.92. The maximum absolute atomic E-state index is 12.5. The molecule has 0 saturated carbocycles. The first-order chi connectivity index (χ1) is 12.4. The Labute approximate surface area is 159 Å². The topological polar surface area (TPSA) is 61.9 Å². The predicted molar refractivity (Wildman–Crippen MR) is 104 cm³/mol. The van der Waals surface area contributed by atoms with Gasteiger partial charge in [-0.25, -0.2) is 4.79 Å². The van der Waals surface area contributed by atoms with E-state index in [0.29, 0.717) is 25.9 Å². The molecule has 1 aromatic carbocycles. The van der Waals surface area contributed by atoms with E-state index in [1.54, 1.807) is 16.7 Å². The summed E-state index contributed by atoms with van der Waals surface area (Å²) in [5, 5.41) is 2.96. The van der Waals surface area contributed by atoms with Gasteiger partial charge in [0.15, 0.2) is 0 Å². The molecule has 2 heterocycles. The molecule has 7 heteroatoms. The van der Waals surface area contributed by atoms with Crippen LogP contribution in [-0.2, 0) is 9.53 Å². The summed E-state index contributed by atoms with van der Waals surface area (Å²) in [6.07, 6.45) is 4.08. The Hall–Kier alpha value is -1.73. The van der Waals surface area contributed by atoms with Gasteiger partial charge >= 0.3 is 12.0 Å². The molecular weight excluding hydrogens is 350 g/mol. The molecule has 3 rings (SSSR count). The maximum Gasteiger partial charge on any atom is 0.321 e. The van der Waals surface area contributed by atoms with Gasteiger partial charge in [-0.1, -0.05) is 6.07 Å². The molecule has 0 aromatic heterocycles. The van der Waals surface area contributed by atoms with Crippen molar-refractivity contribution < 1.29 is 14.3 Å². The number of urea groups is 1. The molecule has 0 bridgehead atoms. The van der Waals surface area contributed by atoms with Crippen LogP contribution < -0.4 is 5.32 Å². The van der Waals surface area contributed by atoms with Crippen molar-refractivity contribution >= 4 is 29.4 Å². The Balaban J connectivity index is 1.56. The lowest BCUT2D eigenvalue weighted by Crippen LogP contribution is -2.46. The number of piperidine rings is 1. The second-order valence-electron chi connectivity index (χ2n) is 7.42. The molecule has 1 unspecified atom stereocenters. The number of thioether (sulfide) groups is 1. The van der Waals surface area contributed by atoms with Crippen molar-refractivity contribution in [3.63, 3.8) is 0 Å². The van der Waals surface area contributed by atoms with Crippen LogP contribution in [0.1, 0.15) is 19.3 Å². The van der Waals surface area contributed by atoms with Gasteiger partial charge in [0.2, 0.25) is 0 Å². The Morgan fingerprint density at radius 1 is 1.38 bits per heavy atom. The third kappa shape index (κ3) is 4.15. The van der Waals surface area contributed by atoms with E-state index in [1.807, 2.05) is 49.5 Å². The largest absolute Gasteiger partial charge is 0.461 e. The van der Waals surface area contributed by atoms with E-state index < -0.39 is 5.41 Å². The maximum atomic E-state index is 12.5. The molecule has 1 atom stereocenters. The van der Waals surface area contributed by atoms with Gasteiger partial charge in [0.05, 0.1) is 5.41 Å². The van der Waals surface area contributed by atoms with Gasteiger partial charge in [-0.05, 0) is 51.4 Å². The van der Waals surface area contributed by atoms with Crippen LogP contribution in [0.2, 0.25) is 0 Å². The number of nitrogens with one attached hydrogen (secondary N) is 1. The molecule has 1 spiro atoms. The standard InChI is InChI=1S/C19H27N3O3S/c1-21(2)13-15-12-19(17(23)25-15)7-9-22(10-8-19)18(24)20-14-5-4-6-16(11-14)26-3/h4-6,11,15H,7-10,12-13H2,1-3H3,(H,20,24). The van der Waals surface area contributed by atoms with Crippen molar-refractivity contribution in [1.82, 2.24) is 9.80 Å². The molecule has 26 heavy (non-hydrogen) atoms. The predicted octanol–water partition coefficient (Wildman–Crippen LogP) is 2.90. The number of ether oxygens (including phenoxy) is 1. The number of carbonyl (C=O) groups is 2. The highest BCUT2D eigenvalue weighted by atomic mass is 32.2. The van der Waals surface area contributed by atoms with E-state index in [-0.39, 0.29) is 18.1 Å². The molecule has 1 N–H and O–H groups in total. The van der Waals surface area contributed by atoms with Crippen LogP contribution in [0.4, 0.5) is 10.5 Å².